The van der Waals surface area contributed by atoms with Crippen molar-refractivity contribution in [1.82, 2.24) is 20.1 Å². The molecule has 7 nitrogen and oxygen atoms in total. The molecule has 3 rings (SSSR count). The Kier molecular flexibility index (Phi) is 9.54. The van der Waals surface area contributed by atoms with Gasteiger partial charge in [0, 0.05) is 22.3 Å². The fraction of sp³-hybridized carbons (Fsp3) is 0.280. The first kappa shape index (κ1) is 27.0. The van der Waals surface area contributed by atoms with Gasteiger partial charge in [-0.15, -0.1) is 16.8 Å². The molecule has 0 bridgehead atoms. The molecule has 0 unspecified atom stereocenters. The number of rotatable bonds is 10. The number of halogens is 2. The molecule has 0 saturated carbocycles. The molecular weight excluding hydrogens is 550 g/mol. The highest BCUT2D eigenvalue weighted by molar-refractivity contribution is 9.10. The van der Waals surface area contributed by atoms with Crippen LogP contribution in [-0.4, -0.2) is 32.3 Å². The molecule has 0 fully saturated rings. The average molecular weight is 577 g/mol. The minimum absolute atomic E-state index is 0.0554. The third kappa shape index (κ3) is 7.19. The smallest absolute Gasteiger partial charge is 0.251 e. The summed E-state index contributed by atoms with van der Waals surface area (Å²) in [5.74, 6) is 0.423. The Morgan fingerprint density at radius 3 is 2.66 bits per heavy atom. The molecule has 184 valence electrons. The van der Waals surface area contributed by atoms with Gasteiger partial charge in [0.2, 0.25) is 5.91 Å². The van der Waals surface area contributed by atoms with Gasteiger partial charge in [-0.05, 0) is 59.1 Å². The second-order valence-electron chi connectivity index (χ2n) is 8.27. The number of benzene rings is 2. The Balaban J connectivity index is 1.75. The minimum Gasteiger partial charge on any atom is -0.342 e. The van der Waals surface area contributed by atoms with Crippen molar-refractivity contribution in [3.63, 3.8) is 0 Å². The third-order valence-electron chi connectivity index (χ3n) is 5.10. The van der Waals surface area contributed by atoms with Gasteiger partial charge >= 0.3 is 0 Å². The van der Waals surface area contributed by atoms with Crippen molar-refractivity contribution >= 4 is 56.8 Å². The fourth-order valence-corrected chi connectivity index (χ4v) is 4.56. The molecule has 0 radical (unpaired) electrons. The highest BCUT2D eigenvalue weighted by atomic mass is 79.9. The summed E-state index contributed by atoms with van der Waals surface area (Å²) in [5, 5.41) is 15.7. The van der Waals surface area contributed by atoms with E-state index in [1.165, 1.54) is 11.8 Å². The number of nitrogens with zero attached hydrogens (tertiary/aromatic N) is 3. The zero-order chi connectivity index (χ0) is 25.5. The summed E-state index contributed by atoms with van der Waals surface area (Å²) in [6, 6.07) is 12.3. The Labute approximate surface area is 222 Å². The molecule has 3 aromatic rings. The van der Waals surface area contributed by atoms with Crippen LogP contribution in [0, 0.1) is 12.8 Å². The minimum atomic E-state index is -0.372. The molecular formula is C25H27BrClN5O2S. The molecule has 1 heterocycles. The van der Waals surface area contributed by atoms with Gasteiger partial charge in [0.05, 0.1) is 16.8 Å². The van der Waals surface area contributed by atoms with Crippen molar-refractivity contribution < 1.29 is 9.59 Å². The number of aromatic nitrogens is 3. The normalized spacial score (nSPS) is 11.8. The summed E-state index contributed by atoms with van der Waals surface area (Å²) >= 11 is 10.7. The van der Waals surface area contributed by atoms with Crippen molar-refractivity contribution in [2.75, 3.05) is 11.1 Å². The van der Waals surface area contributed by atoms with E-state index in [0.717, 1.165) is 10.0 Å². The zero-order valence-electron chi connectivity index (χ0n) is 19.7. The second-order valence-corrected chi connectivity index (χ2v) is 10.5. The molecule has 0 saturated heterocycles. The van der Waals surface area contributed by atoms with E-state index in [9.17, 15) is 9.59 Å². The lowest BCUT2D eigenvalue weighted by Gasteiger charge is -2.22. The van der Waals surface area contributed by atoms with Gasteiger partial charge in [0.15, 0.2) is 11.0 Å². The SMILES string of the molecule is C=CCn1c(SCC(=O)Nc2ccc(Br)c(Cl)c2)nnc1[C@@H](NC(=O)c1cccc(C)c1)C(C)C. The first-order valence-electron chi connectivity index (χ1n) is 11.0. The molecule has 0 aliphatic carbocycles. The zero-order valence-corrected chi connectivity index (χ0v) is 22.9. The summed E-state index contributed by atoms with van der Waals surface area (Å²) < 4.78 is 2.63. The average Bonchev–Trinajstić information content (AvgIpc) is 3.20. The molecule has 1 atom stereocenters. The molecule has 2 aromatic carbocycles. The first-order chi connectivity index (χ1) is 16.7. The van der Waals surface area contributed by atoms with Crippen LogP contribution in [0.3, 0.4) is 0 Å². The van der Waals surface area contributed by atoms with Gasteiger partial charge < -0.3 is 15.2 Å². The maximum atomic E-state index is 12.9. The Hall–Kier alpha value is -2.62. The molecule has 0 spiro atoms. The van der Waals surface area contributed by atoms with Crippen LogP contribution in [0.25, 0.3) is 0 Å². The van der Waals surface area contributed by atoms with Crippen LogP contribution in [0.4, 0.5) is 5.69 Å². The fourth-order valence-electron chi connectivity index (χ4n) is 3.38. The predicted octanol–water partition coefficient (Wildman–Crippen LogP) is 6.05. The van der Waals surface area contributed by atoms with Crippen LogP contribution in [0.1, 0.15) is 41.6 Å². The van der Waals surface area contributed by atoms with Crippen molar-refractivity contribution in [3.05, 3.63) is 81.6 Å². The lowest BCUT2D eigenvalue weighted by Crippen LogP contribution is -2.34. The van der Waals surface area contributed by atoms with Crippen LogP contribution in [0.5, 0.6) is 0 Å². The van der Waals surface area contributed by atoms with Crippen LogP contribution in [0.2, 0.25) is 5.02 Å². The Morgan fingerprint density at radius 1 is 1.23 bits per heavy atom. The van der Waals surface area contributed by atoms with E-state index in [2.05, 4.69) is 43.3 Å². The van der Waals surface area contributed by atoms with Crippen molar-refractivity contribution in [3.8, 4) is 0 Å². The van der Waals surface area contributed by atoms with E-state index < -0.39 is 0 Å². The lowest BCUT2D eigenvalue weighted by atomic mass is 10.0. The summed E-state index contributed by atoms with van der Waals surface area (Å²) in [6.45, 7) is 10.3. The van der Waals surface area contributed by atoms with Gasteiger partial charge in [-0.1, -0.05) is 61.0 Å². The standard InChI is InChI=1S/C25H27BrClN5O2S/c1-5-11-32-23(22(15(2)3)29-24(34)17-8-6-7-16(4)12-17)30-31-25(32)35-14-21(33)28-18-9-10-19(26)20(27)13-18/h5-10,12-13,15,22H,1,11,14H2,2-4H3,(H,28,33)(H,29,34)/t22-/m0/s1. The summed E-state index contributed by atoms with van der Waals surface area (Å²) in [5.41, 5.74) is 2.21. The van der Waals surface area contributed by atoms with Crippen LogP contribution in [-0.2, 0) is 11.3 Å². The van der Waals surface area contributed by atoms with Gasteiger partial charge in [-0.3, -0.25) is 9.59 Å². The highest BCUT2D eigenvalue weighted by Crippen LogP contribution is 2.27. The molecule has 0 aliphatic heterocycles. The molecule has 0 aliphatic rings. The predicted molar refractivity (Wildman–Crippen MR) is 145 cm³/mol. The quantitative estimate of drug-likeness (QED) is 0.227. The van der Waals surface area contributed by atoms with E-state index >= 15 is 0 Å². The number of nitrogens with one attached hydrogen (secondary N) is 2. The molecule has 1 aromatic heterocycles. The van der Waals surface area contributed by atoms with E-state index in [-0.39, 0.29) is 29.5 Å². The lowest BCUT2D eigenvalue weighted by molar-refractivity contribution is -0.113. The van der Waals surface area contributed by atoms with Crippen LogP contribution < -0.4 is 10.6 Å². The van der Waals surface area contributed by atoms with Gasteiger partial charge in [-0.2, -0.15) is 0 Å². The summed E-state index contributed by atoms with van der Waals surface area (Å²) in [7, 11) is 0. The number of hydrogen-bond acceptors (Lipinski definition) is 5. The maximum Gasteiger partial charge on any atom is 0.251 e. The first-order valence-corrected chi connectivity index (χ1v) is 13.1. The second kappa shape index (κ2) is 12.4. The van der Waals surface area contributed by atoms with Crippen molar-refractivity contribution in [1.29, 1.82) is 0 Å². The monoisotopic (exact) mass is 575 g/mol. The number of carbonyl (C=O) groups excluding carboxylic acids is 2. The maximum absolute atomic E-state index is 12.9. The van der Waals surface area contributed by atoms with E-state index in [1.54, 1.807) is 30.3 Å². The van der Waals surface area contributed by atoms with E-state index in [1.807, 2.05) is 43.5 Å². The topological polar surface area (TPSA) is 88.9 Å². The number of amides is 2. The van der Waals surface area contributed by atoms with Crippen LogP contribution in [0.15, 0.2) is 64.7 Å². The molecule has 2 amide bonds. The van der Waals surface area contributed by atoms with E-state index in [0.29, 0.717) is 33.8 Å². The largest absolute Gasteiger partial charge is 0.342 e. The Morgan fingerprint density at radius 2 is 2.00 bits per heavy atom. The van der Waals surface area contributed by atoms with Gasteiger partial charge in [0.25, 0.3) is 5.91 Å². The Bertz CT molecular complexity index is 1230. The van der Waals surface area contributed by atoms with Gasteiger partial charge in [-0.25, -0.2) is 0 Å². The number of thioether (sulfide) groups is 1. The van der Waals surface area contributed by atoms with Crippen LogP contribution >= 0.6 is 39.3 Å². The summed E-state index contributed by atoms with van der Waals surface area (Å²) in [6.07, 6.45) is 1.74. The molecule has 35 heavy (non-hydrogen) atoms. The molecule has 2 N–H and O–H groups in total. The third-order valence-corrected chi connectivity index (χ3v) is 7.30. The van der Waals surface area contributed by atoms with E-state index in [4.69, 9.17) is 11.6 Å². The number of allylic oxidation sites excluding steroid dienone is 1. The summed E-state index contributed by atoms with van der Waals surface area (Å²) in [4.78, 5) is 25.4. The van der Waals surface area contributed by atoms with Crippen molar-refractivity contribution in [2.45, 2.75) is 38.5 Å². The number of hydrogen-bond donors (Lipinski definition) is 2. The number of aryl methyl sites for hydroxylation is 1. The number of anilines is 1. The van der Waals surface area contributed by atoms with Crippen molar-refractivity contribution in [2.24, 2.45) is 5.92 Å². The number of carbonyl (C=O) groups is 2. The highest BCUT2D eigenvalue weighted by Gasteiger charge is 2.26. The van der Waals surface area contributed by atoms with Gasteiger partial charge in [0.1, 0.15) is 0 Å². The molecule has 10 heteroatoms.